The van der Waals surface area contributed by atoms with E-state index in [1.54, 1.807) is 24.3 Å². The van der Waals surface area contributed by atoms with Gasteiger partial charge in [-0.3, -0.25) is 4.98 Å². The molecule has 2 rings (SSSR count). The Morgan fingerprint density at radius 3 is 2.93 bits per heavy atom. The van der Waals surface area contributed by atoms with Crippen LogP contribution in [-0.2, 0) is 0 Å². The Bertz CT molecular complexity index is 568. The molecule has 1 heterocycles. The smallest absolute Gasteiger partial charge is 0.0724 e. The Hall–Kier alpha value is -1.77. The molecule has 0 amide bonds. The van der Waals surface area contributed by atoms with E-state index >= 15 is 0 Å². The highest BCUT2D eigenvalue weighted by atomic mass is 35.5. The minimum atomic E-state index is 0.580. The number of benzene rings is 1. The minimum absolute atomic E-state index is 0.580. The van der Waals surface area contributed by atoms with Gasteiger partial charge >= 0.3 is 0 Å². The standard InChI is InChI=1S/C10H7ClN4/c1-6-4-10(14-15-12)8-3-2-7(11)5-9(8)13-6/h2-5H,1H3. The summed E-state index contributed by atoms with van der Waals surface area (Å²) in [7, 11) is 0. The predicted octanol–water partition coefficient (Wildman–Crippen LogP) is 4.14. The van der Waals surface area contributed by atoms with Crippen LogP contribution < -0.4 is 0 Å². The van der Waals surface area contributed by atoms with Crippen LogP contribution in [0.5, 0.6) is 0 Å². The summed E-state index contributed by atoms with van der Waals surface area (Å²) in [6, 6.07) is 7.04. The van der Waals surface area contributed by atoms with Crippen LogP contribution in [0.15, 0.2) is 29.4 Å². The van der Waals surface area contributed by atoms with Gasteiger partial charge in [-0.25, -0.2) is 0 Å². The van der Waals surface area contributed by atoms with Crippen LogP contribution in [0.2, 0.25) is 5.02 Å². The van der Waals surface area contributed by atoms with Gasteiger partial charge in [-0.15, -0.1) is 0 Å². The maximum Gasteiger partial charge on any atom is 0.0724 e. The molecule has 2 aromatic rings. The lowest BCUT2D eigenvalue weighted by Crippen LogP contribution is -1.83. The van der Waals surface area contributed by atoms with Crippen molar-refractivity contribution in [2.45, 2.75) is 6.92 Å². The highest BCUT2D eigenvalue weighted by Crippen LogP contribution is 2.27. The maximum atomic E-state index is 8.44. The van der Waals surface area contributed by atoms with Gasteiger partial charge in [-0.2, -0.15) is 0 Å². The number of fused-ring (bicyclic) bond motifs is 1. The van der Waals surface area contributed by atoms with E-state index in [0.717, 1.165) is 16.6 Å². The molecule has 74 valence electrons. The maximum absolute atomic E-state index is 8.44. The summed E-state index contributed by atoms with van der Waals surface area (Å²) < 4.78 is 0. The van der Waals surface area contributed by atoms with E-state index < -0.39 is 0 Å². The summed E-state index contributed by atoms with van der Waals surface area (Å²) in [5.41, 5.74) is 10.6. The van der Waals surface area contributed by atoms with Crippen LogP contribution in [0.4, 0.5) is 5.69 Å². The first-order valence-electron chi connectivity index (χ1n) is 4.33. The summed E-state index contributed by atoms with van der Waals surface area (Å²) in [6.07, 6.45) is 0. The van der Waals surface area contributed by atoms with Crippen molar-refractivity contribution in [3.05, 3.63) is 45.4 Å². The third-order valence-electron chi connectivity index (χ3n) is 2.03. The molecule has 1 aromatic heterocycles. The summed E-state index contributed by atoms with van der Waals surface area (Å²) in [4.78, 5) is 7.10. The summed E-state index contributed by atoms with van der Waals surface area (Å²) in [5.74, 6) is 0. The molecule has 0 atom stereocenters. The molecule has 0 aliphatic carbocycles. The van der Waals surface area contributed by atoms with E-state index in [-0.39, 0.29) is 0 Å². The molecular formula is C10H7ClN4. The zero-order chi connectivity index (χ0) is 10.8. The van der Waals surface area contributed by atoms with Crippen LogP contribution in [0, 0.1) is 6.92 Å². The molecule has 0 saturated heterocycles. The quantitative estimate of drug-likeness (QED) is 0.403. The molecule has 5 heteroatoms. The highest BCUT2D eigenvalue weighted by molar-refractivity contribution is 6.31. The average molecular weight is 219 g/mol. The molecule has 1 aromatic carbocycles. The summed E-state index contributed by atoms with van der Waals surface area (Å²) in [6.45, 7) is 1.84. The van der Waals surface area contributed by atoms with E-state index in [9.17, 15) is 0 Å². The van der Waals surface area contributed by atoms with Gasteiger partial charge < -0.3 is 0 Å². The van der Waals surface area contributed by atoms with Crippen LogP contribution in [0.1, 0.15) is 5.69 Å². The van der Waals surface area contributed by atoms with Gasteiger partial charge in [0.25, 0.3) is 0 Å². The zero-order valence-electron chi connectivity index (χ0n) is 7.98. The minimum Gasteiger partial charge on any atom is -0.253 e. The van der Waals surface area contributed by atoms with Crippen molar-refractivity contribution in [1.29, 1.82) is 0 Å². The second-order valence-electron chi connectivity index (χ2n) is 3.13. The predicted molar refractivity (Wildman–Crippen MR) is 60.3 cm³/mol. The number of nitrogens with zero attached hydrogens (tertiary/aromatic N) is 4. The molecule has 0 bridgehead atoms. The fourth-order valence-electron chi connectivity index (χ4n) is 1.44. The van der Waals surface area contributed by atoms with Crippen LogP contribution >= 0.6 is 11.6 Å². The molecule has 0 saturated carbocycles. The average Bonchev–Trinajstić information content (AvgIpc) is 2.17. The van der Waals surface area contributed by atoms with Gasteiger partial charge in [-0.05, 0) is 30.7 Å². The SMILES string of the molecule is Cc1cc(N=[N+]=[N-])c2ccc(Cl)cc2n1. The monoisotopic (exact) mass is 218 g/mol. The fraction of sp³-hybridized carbons (Fsp3) is 0.100. The van der Waals surface area contributed by atoms with Gasteiger partial charge in [0.15, 0.2) is 0 Å². The van der Waals surface area contributed by atoms with Gasteiger partial charge in [0.05, 0.1) is 5.52 Å². The van der Waals surface area contributed by atoms with Crippen molar-refractivity contribution in [3.8, 4) is 0 Å². The van der Waals surface area contributed by atoms with Crippen molar-refractivity contribution in [3.63, 3.8) is 0 Å². The van der Waals surface area contributed by atoms with Crippen molar-refractivity contribution >= 4 is 28.2 Å². The first-order chi connectivity index (χ1) is 7.20. The molecule has 0 aliphatic rings. The molecule has 0 aliphatic heterocycles. The van der Waals surface area contributed by atoms with E-state index in [2.05, 4.69) is 15.0 Å². The number of rotatable bonds is 1. The first-order valence-corrected chi connectivity index (χ1v) is 4.70. The number of hydrogen-bond acceptors (Lipinski definition) is 2. The molecule has 4 nitrogen and oxygen atoms in total. The third kappa shape index (κ3) is 1.86. The van der Waals surface area contributed by atoms with Gasteiger partial charge in [0.1, 0.15) is 0 Å². The van der Waals surface area contributed by atoms with E-state index in [1.807, 2.05) is 6.92 Å². The Morgan fingerprint density at radius 2 is 2.20 bits per heavy atom. The Balaban J connectivity index is 2.85. The fourth-order valence-corrected chi connectivity index (χ4v) is 1.61. The molecule has 0 unspecified atom stereocenters. The van der Waals surface area contributed by atoms with E-state index in [0.29, 0.717) is 10.7 Å². The van der Waals surface area contributed by atoms with Gasteiger partial charge in [0.2, 0.25) is 0 Å². The zero-order valence-corrected chi connectivity index (χ0v) is 8.73. The Morgan fingerprint density at radius 1 is 1.40 bits per heavy atom. The molecule has 0 spiro atoms. The first kappa shape index (κ1) is 9.77. The van der Waals surface area contributed by atoms with Crippen LogP contribution in [0.3, 0.4) is 0 Å². The Labute approximate surface area is 91.1 Å². The number of azide groups is 1. The number of halogens is 1. The van der Waals surface area contributed by atoms with E-state index in [1.165, 1.54) is 0 Å². The molecule has 15 heavy (non-hydrogen) atoms. The lowest BCUT2D eigenvalue weighted by atomic mass is 10.1. The second kappa shape index (κ2) is 3.77. The summed E-state index contributed by atoms with van der Waals surface area (Å²) in [5, 5.41) is 5.05. The van der Waals surface area contributed by atoms with Crippen molar-refractivity contribution in [1.82, 2.24) is 4.98 Å². The molecule has 0 radical (unpaired) electrons. The van der Waals surface area contributed by atoms with Crippen molar-refractivity contribution in [2.75, 3.05) is 0 Å². The molecule has 0 N–H and O–H groups in total. The topological polar surface area (TPSA) is 61.7 Å². The van der Waals surface area contributed by atoms with Crippen LogP contribution in [-0.4, -0.2) is 4.98 Å². The number of pyridine rings is 1. The molecular weight excluding hydrogens is 212 g/mol. The molecule has 0 fully saturated rings. The lowest BCUT2D eigenvalue weighted by Gasteiger charge is -2.02. The number of aromatic nitrogens is 1. The number of hydrogen-bond donors (Lipinski definition) is 0. The highest BCUT2D eigenvalue weighted by Gasteiger charge is 2.02. The van der Waals surface area contributed by atoms with E-state index in [4.69, 9.17) is 17.1 Å². The second-order valence-corrected chi connectivity index (χ2v) is 3.57. The van der Waals surface area contributed by atoms with Crippen molar-refractivity contribution < 1.29 is 0 Å². The van der Waals surface area contributed by atoms with Crippen LogP contribution in [0.25, 0.3) is 21.3 Å². The summed E-state index contributed by atoms with van der Waals surface area (Å²) >= 11 is 5.86. The van der Waals surface area contributed by atoms with Gasteiger partial charge in [-0.1, -0.05) is 22.8 Å². The Kier molecular flexibility index (Phi) is 2.46. The third-order valence-corrected chi connectivity index (χ3v) is 2.27. The van der Waals surface area contributed by atoms with Gasteiger partial charge in [0, 0.05) is 26.7 Å². The lowest BCUT2D eigenvalue weighted by molar-refractivity contribution is 1.25. The largest absolute Gasteiger partial charge is 0.253 e. The normalized spacial score (nSPS) is 10.0. The van der Waals surface area contributed by atoms with Crippen molar-refractivity contribution in [2.24, 2.45) is 5.11 Å². The number of aryl methyl sites for hydroxylation is 1.